The molecule has 1 saturated heterocycles. The molecule has 0 spiro atoms. The number of carboxylic acid groups (broad SMARTS) is 1. The Bertz CT molecular complexity index is 1530. The number of fused-ring (bicyclic) bond motifs is 2. The van der Waals surface area contributed by atoms with Crippen molar-refractivity contribution in [1.29, 1.82) is 0 Å². The lowest BCUT2D eigenvalue weighted by Gasteiger charge is -2.33. The molecule has 0 radical (unpaired) electrons. The molecule has 0 bridgehead atoms. The molecule has 2 aliphatic heterocycles. The number of hydrogen-bond donors (Lipinski definition) is 2. The minimum atomic E-state index is -0.902. The fraction of sp³-hybridized carbons (Fsp3) is 0.357. The largest absolute Gasteiger partial charge is 0.465 e. The lowest BCUT2D eigenvalue weighted by Crippen LogP contribution is -2.38. The summed E-state index contributed by atoms with van der Waals surface area (Å²) in [5.41, 5.74) is 8.60. The number of benzene rings is 1. The number of H-pyrrole nitrogens is 1. The Hall–Kier alpha value is -4.14. The highest BCUT2D eigenvalue weighted by Gasteiger charge is 2.34. The Morgan fingerprint density at radius 3 is 2.70 bits per heavy atom. The number of carbonyl (C=O) groups is 2. The normalized spacial score (nSPS) is 17.4. The van der Waals surface area contributed by atoms with Gasteiger partial charge in [-0.1, -0.05) is 6.07 Å². The standard InChI is InChI=1S/C28H30N6O3/c1-16-13-29-26-21(16)12-20(14-30-26)19-10-18-6-8-33(27(35)24-9-17(2)32(3)31-24)15-23(18)22(11-19)25-5-4-7-34(25)28(36)37/h9-14,25H,4-8,15H2,1-3H3,(H,29,30)(H,36,37). The van der Waals surface area contributed by atoms with E-state index in [4.69, 9.17) is 0 Å². The van der Waals surface area contributed by atoms with Crippen LogP contribution in [0.2, 0.25) is 0 Å². The molecule has 1 fully saturated rings. The molecule has 2 amide bonds. The maximum atomic E-state index is 13.3. The van der Waals surface area contributed by atoms with Gasteiger partial charge < -0.3 is 19.9 Å². The van der Waals surface area contributed by atoms with E-state index in [0.717, 1.165) is 62.9 Å². The summed E-state index contributed by atoms with van der Waals surface area (Å²) >= 11 is 0. The summed E-state index contributed by atoms with van der Waals surface area (Å²) in [6.07, 6.45) is 5.21. The Labute approximate surface area is 214 Å². The van der Waals surface area contributed by atoms with Gasteiger partial charge in [-0.15, -0.1) is 0 Å². The average molecular weight is 499 g/mol. The first-order valence-corrected chi connectivity index (χ1v) is 12.7. The van der Waals surface area contributed by atoms with E-state index in [2.05, 4.69) is 40.2 Å². The van der Waals surface area contributed by atoms with Crippen molar-refractivity contribution in [1.82, 2.24) is 29.5 Å². The highest BCUT2D eigenvalue weighted by Crippen LogP contribution is 2.40. The van der Waals surface area contributed by atoms with Crippen molar-refractivity contribution in [2.45, 2.75) is 45.7 Å². The first-order chi connectivity index (χ1) is 17.8. The number of nitrogens with zero attached hydrogens (tertiary/aromatic N) is 5. The van der Waals surface area contributed by atoms with E-state index in [0.29, 0.717) is 31.7 Å². The molecule has 0 saturated carbocycles. The van der Waals surface area contributed by atoms with E-state index < -0.39 is 6.09 Å². The van der Waals surface area contributed by atoms with Crippen molar-refractivity contribution >= 4 is 23.0 Å². The van der Waals surface area contributed by atoms with Gasteiger partial charge in [0.2, 0.25) is 0 Å². The molecule has 9 nitrogen and oxygen atoms in total. The van der Waals surface area contributed by atoms with Gasteiger partial charge >= 0.3 is 6.09 Å². The summed E-state index contributed by atoms with van der Waals surface area (Å²) in [6, 6.07) is 8.04. The minimum Gasteiger partial charge on any atom is -0.465 e. The predicted molar refractivity (Wildman–Crippen MR) is 139 cm³/mol. The number of nitrogens with one attached hydrogen (secondary N) is 1. The van der Waals surface area contributed by atoms with Gasteiger partial charge in [0.05, 0.1) is 6.04 Å². The Morgan fingerprint density at radius 1 is 1.11 bits per heavy atom. The van der Waals surface area contributed by atoms with Crippen LogP contribution in [-0.4, -0.2) is 59.7 Å². The highest BCUT2D eigenvalue weighted by atomic mass is 16.4. The van der Waals surface area contributed by atoms with E-state index >= 15 is 0 Å². The quantitative estimate of drug-likeness (QED) is 0.430. The van der Waals surface area contributed by atoms with Crippen molar-refractivity contribution in [3.8, 4) is 11.1 Å². The summed E-state index contributed by atoms with van der Waals surface area (Å²) < 4.78 is 1.71. The van der Waals surface area contributed by atoms with Crippen LogP contribution in [0.1, 0.15) is 57.3 Å². The molecule has 2 N–H and O–H groups in total. The summed E-state index contributed by atoms with van der Waals surface area (Å²) in [7, 11) is 1.83. The molecular formula is C28H30N6O3. The summed E-state index contributed by atoms with van der Waals surface area (Å²) in [5, 5.41) is 15.4. The van der Waals surface area contributed by atoms with Crippen LogP contribution < -0.4 is 0 Å². The van der Waals surface area contributed by atoms with Crippen LogP contribution in [0, 0.1) is 13.8 Å². The molecule has 37 heavy (non-hydrogen) atoms. The zero-order chi connectivity index (χ0) is 25.8. The lowest BCUT2D eigenvalue weighted by molar-refractivity contribution is 0.0725. The summed E-state index contributed by atoms with van der Waals surface area (Å²) in [5.74, 6) is -0.0940. The second kappa shape index (κ2) is 8.76. The molecule has 4 aromatic rings. The Balaban J connectivity index is 1.44. The van der Waals surface area contributed by atoms with E-state index in [1.165, 1.54) is 0 Å². The van der Waals surface area contributed by atoms with Gasteiger partial charge in [0, 0.05) is 55.7 Å². The molecule has 190 valence electrons. The van der Waals surface area contributed by atoms with E-state index in [1.54, 1.807) is 9.58 Å². The van der Waals surface area contributed by atoms with Crippen LogP contribution in [-0.2, 0) is 20.0 Å². The van der Waals surface area contributed by atoms with E-state index in [9.17, 15) is 14.7 Å². The minimum absolute atomic E-state index is 0.0940. The van der Waals surface area contributed by atoms with E-state index in [-0.39, 0.29) is 11.9 Å². The van der Waals surface area contributed by atoms with Gasteiger partial charge in [-0.2, -0.15) is 5.10 Å². The van der Waals surface area contributed by atoms with Crippen molar-refractivity contribution in [2.24, 2.45) is 7.05 Å². The number of likely N-dealkylation sites (tertiary alicyclic amines) is 1. The smallest absolute Gasteiger partial charge is 0.407 e. The molecule has 6 rings (SSSR count). The zero-order valence-corrected chi connectivity index (χ0v) is 21.3. The first kappa shape index (κ1) is 23.3. The fourth-order valence-electron chi connectivity index (χ4n) is 5.77. The number of aromatic amines is 1. The van der Waals surface area contributed by atoms with E-state index in [1.807, 2.05) is 37.3 Å². The zero-order valence-electron chi connectivity index (χ0n) is 21.3. The van der Waals surface area contributed by atoms with Crippen molar-refractivity contribution in [3.63, 3.8) is 0 Å². The van der Waals surface area contributed by atoms with Crippen molar-refractivity contribution in [2.75, 3.05) is 13.1 Å². The second-order valence-corrected chi connectivity index (χ2v) is 10.2. The third-order valence-corrected chi connectivity index (χ3v) is 7.93. The lowest BCUT2D eigenvalue weighted by atomic mass is 9.86. The van der Waals surface area contributed by atoms with Gasteiger partial charge in [0.1, 0.15) is 5.65 Å². The number of aryl methyl sites for hydroxylation is 3. The van der Waals surface area contributed by atoms with Crippen molar-refractivity contribution < 1.29 is 14.7 Å². The SMILES string of the molecule is Cc1c[nH]c2ncc(-c3cc4c(c(C5CCCN5C(=O)O)c3)CN(C(=O)c3cc(C)n(C)n3)CC4)cc12. The third kappa shape index (κ3) is 3.94. The molecule has 3 aromatic heterocycles. The van der Waals surface area contributed by atoms with Crippen molar-refractivity contribution in [3.05, 3.63) is 70.3 Å². The van der Waals surface area contributed by atoms with Crippen LogP contribution in [0.3, 0.4) is 0 Å². The Kier molecular flexibility index (Phi) is 5.51. The van der Waals surface area contributed by atoms with Gasteiger partial charge in [0.25, 0.3) is 5.91 Å². The molecule has 1 aromatic carbocycles. The molecule has 5 heterocycles. The predicted octanol–water partition coefficient (Wildman–Crippen LogP) is 4.59. The van der Waals surface area contributed by atoms with Crippen LogP contribution in [0.5, 0.6) is 0 Å². The molecule has 9 heteroatoms. The topological polar surface area (TPSA) is 107 Å². The molecule has 0 aliphatic carbocycles. The molecule has 1 atom stereocenters. The Morgan fingerprint density at radius 2 is 1.95 bits per heavy atom. The maximum Gasteiger partial charge on any atom is 0.407 e. The highest BCUT2D eigenvalue weighted by molar-refractivity contribution is 5.92. The molecule has 2 aliphatic rings. The number of carbonyl (C=O) groups excluding carboxylic acids is 1. The summed E-state index contributed by atoms with van der Waals surface area (Å²) in [4.78, 5) is 36.6. The third-order valence-electron chi connectivity index (χ3n) is 7.93. The monoisotopic (exact) mass is 498 g/mol. The van der Waals surface area contributed by atoms with Gasteiger partial charge in [0.15, 0.2) is 5.69 Å². The van der Waals surface area contributed by atoms with Crippen LogP contribution >= 0.6 is 0 Å². The number of pyridine rings is 1. The first-order valence-electron chi connectivity index (χ1n) is 12.7. The van der Waals surface area contributed by atoms with Crippen LogP contribution in [0.4, 0.5) is 4.79 Å². The summed E-state index contributed by atoms with van der Waals surface area (Å²) in [6.45, 7) is 5.53. The second-order valence-electron chi connectivity index (χ2n) is 10.2. The average Bonchev–Trinajstić information content (AvgIpc) is 3.62. The number of amides is 2. The number of hydrogen-bond acceptors (Lipinski definition) is 4. The maximum absolute atomic E-state index is 13.3. The molecule has 1 unspecified atom stereocenters. The van der Waals surface area contributed by atoms with Gasteiger partial charge in [-0.3, -0.25) is 9.48 Å². The van der Waals surface area contributed by atoms with Crippen LogP contribution in [0.25, 0.3) is 22.2 Å². The van der Waals surface area contributed by atoms with Gasteiger partial charge in [-0.25, -0.2) is 9.78 Å². The number of rotatable bonds is 3. The van der Waals surface area contributed by atoms with Crippen LogP contribution in [0.15, 0.2) is 36.7 Å². The number of aromatic nitrogens is 4. The van der Waals surface area contributed by atoms with Gasteiger partial charge in [-0.05, 0) is 79.1 Å². The molecular weight excluding hydrogens is 468 g/mol. The fourth-order valence-corrected chi connectivity index (χ4v) is 5.77.